The van der Waals surface area contributed by atoms with Crippen molar-refractivity contribution in [2.75, 3.05) is 5.32 Å². The van der Waals surface area contributed by atoms with Gasteiger partial charge in [0.05, 0.1) is 10.8 Å². The van der Waals surface area contributed by atoms with Gasteiger partial charge >= 0.3 is 0 Å². The lowest BCUT2D eigenvalue weighted by atomic mass is 10.2. The number of nitrogens with one attached hydrogen (secondary N) is 1. The number of carbonyl (C=O) groups excluding carboxylic acids is 1. The standard InChI is InChI=1S/C20H23N3OS/c1-4-5-6-17-12-9-16(13-21)20(23-17)25-15(3)19(24)22-18-10-7-14(2)8-11-18/h7-12,15H,4-6H2,1-3H3,(H,22,24). The quantitative estimate of drug-likeness (QED) is 0.731. The normalized spacial score (nSPS) is 11.6. The summed E-state index contributed by atoms with van der Waals surface area (Å²) in [5.74, 6) is -0.0986. The molecule has 4 nitrogen and oxygen atoms in total. The zero-order valence-corrected chi connectivity index (χ0v) is 15.7. The molecule has 0 fully saturated rings. The Bertz CT molecular complexity index is 766. The van der Waals surface area contributed by atoms with Crippen LogP contribution in [0.4, 0.5) is 5.69 Å². The summed E-state index contributed by atoms with van der Waals surface area (Å²) >= 11 is 1.33. The van der Waals surface area contributed by atoms with Crippen LogP contribution in [0, 0.1) is 18.3 Å². The minimum absolute atomic E-state index is 0.0986. The summed E-state index contributed by atoms with van der Waals surface area (Å²) in [6, 6.07) is 13.5. The highest BCUT2D eigenvalue weighted by Gasteiger charge is 2.18. The topological polar surface area (TPSA) is 65.8 Å². The van der Waals surface area contributed by atoms with E-state index in [2.05, 4.69) is 23.3 Å². The molecule has 130 valence electrons. The Morgan fingerprint density at radius 2 is 2.00 bits per heavy atom. The van der Waals surface area contributed by atoms with Gasteiger partial charge in [0.1, 0.15) is 11.1 Å². The summed E-state index contributed by atoms with van der Waals surface area (Å²) in [4.78, 5) is 17.0. The Morgan fingerprint density at radius 1 is 1.28 bits per heavy atom. The Morgan fingerprint density at radius 3 is 2.64 bits per heavy atom. The number of anilines is 1. The third-order valence-corrected chi connectivity index (χ3v) is 4.90. The van der Waals surface area contributed by atoms with E-state index in [0.29, 0.717) is 10.6 Å². The first-order chi connectivity index (χ1) is 12.0. The predicted octanol–water partition coefficient (Wildman–Crippen LogP) is 4.72. The highest BCUT2D eigenvalue weighted by molar-refractivity contribution is 8.00. The number of benzene rings is 1. The van der Waals surface area contributed by atoms with Gasteiger partial charge in [-0.1, -0.05) is 42.8 Å². The van der Waals surface area contributed by atoms with Gasteiger partial charge in [0, 0.05) is 11.4 Å². The molecular weight excluding hydrogens is 330 g/mol. The molecule has 2 rings (SSSR count). The van der Waals surface area contributed by atoms with Gasteiger partial charge in [0.25, 0.3) is 0 Å². The van der Waals surface area contributed by atoms with Crippen LogP contribution in [0.1, 0.15) is 43.5 Å². The minimum atomic E-state index is -0.345. The number of hydrogen-bond acceptors (Lipinski definition) is 4. The predicted molar refractivity (Wildman–Crippen MR) is 103 cm³/mol. The Kier molecular flexibility index (Phi) is 7.03. The Balaban J connectivity index is 2.07. The molecular formula is C20H23N3OS. The Hall–Kier alpha value is -2.32. The van der Waals surface area contributed by atoms with E-state index in [0.717, 1.165) is 36.2 Å². The first-order valence-electron chi connectivity index (χ1n) is 8.47. The lowest BCUT2D eigenvalue weighted by Crippen LogP contribution is -2.22. The van der Waals surface area contributed by atoms with Gasteiger partial charge in [-0.15, -0.1) is 0 Å². The fourth-order valence-corrected chi connectivity index (χ4v) is 3.16. The molecule has 0 aliphatic rings. The lowest BCUT2D eigenvalue weighted by molar-refractivity contribution is -0.115. The molecule has 1 N–H and O–H groups in total. The van der Waals surface area contributed by atoms with Crippen molar-refractivity contribution >= 4 is 23.4 Å². The average Bonchev–Trinajstić information content (AvgIpc) is 2.62. The largest absolute Gasteiger partial charge is 0.325 e. The van der Waals surface area contributed by atoms with Crippen molar-refractivity contribution in [2.45, 2.75) is 50.3 Å². The molecule has 1 aromatic heterocycles. The van der Waals surface area contributed by atoms with Crippen LogP contribution in [-0.2, 0) is 11.2 Å². The van der Waals surface area contributed by atoms with Crippen LogP contribution in [-0.4, -0.2) is 16.1 Å². The maximum atomic E-state index is 12.4. The first kappa shape index (κ1) is 19.0. The molecule has 0 spiro atoms. The van der Waals surface area contributed by atoms with E-state index < -0.39 is 0 Å². The van der Waals surface area contributed by atoms with E-state index in [4.69, 9.17) is 0 Å². The summed E-state index contributed by atoms with van der Waals surface area (Å²) in [5, 5.41) is 12.5. The van der Waals surface area contributed by atoms with Crippen LogP contribution < -0.4 is 5.32 Å². The van der Waals surface area contributed by atoms with E-state index in [1.165, 1.54) is 11.8 Å². The minimum Gasteiger partial charge on any atom is -0.325 e. The fraction of sp³-hybridized carbons (Fsp3) is 0.350. The number of nitriles is 1. The molecule has 0 radical (unpaired) electrons. The number of carbonyl (C=O) groups is 1. The van der Waals surface area contributed by atoms with E-state index in [9.17, 15) is 10.1 Å². The van der Waals surface area contributed by atoms with Gasteiger partial charge in [-0.25, -0.2) is 4.98 Å². The molecule has 2 aromatic rings. The van der Waals surface area contributed by atoms with E-state index in [-0.39, 0.29) is 11.2 Å². The van der Waals surface area contributed by atoms with Gasteiger partial charge in [-0.2, -0.15) is 5.26 Å². The molecule has 0 saturated heterocycles. The molecule has 0 aliphatic carbocycles. The second-order valence-electron chi connectivity index (χ2n) is 5.99. The third-order valence-electron chi connectivity index (χ3n) is 3.80. The van der Waals surface area contributed by atoms with Crippen LogP contribution in [0.5, 0.6) is 0 Å². The second kappa shape index (κ2) is 9.24. The number of amides is 1. The second-order valence-corrected chi connectivity index (χ2v) is 7.32. The van der Waals surface area contributed by atoms with E-state index in [1.54, 1.807) is 6.07 Å². The monoisotopic (exact) mass is 353 g/mol. The average molecular weight is 353 g/mol. The van der Waals surface area contributed by atoms with Crippen molar-refractivity contribution in [1.29, 1.82) is 5.26 Å². The number of aromatic nitrogens is 1. The number of aryl methyl sites for hydroxylation is 2. The van der Waals surface area contributed by atoms with Crippen LogP contribution >= 0.6 is 11.8 Å². The van der Waals surface area contributed by atoms with Crippen LogP contribution in [0.2, 0.25) is 0 Å². The van der Waals surface area contributed by atoms with Gasteiger partial charge < -0.3 is 5.32 Å². The van der Waals surface area contributed by atoms with Crippen LogP contribution in [0.3, 0.4) is 0 Å². The van der Waals surface area contributed by atoms with Crippen molar-refractivity contribution in [1.82, 2.24) is 4.98 Å². The molecule has 0 aliphatic heterocycles. The van der Waals surface area contributed by atoms with Gasteiger partial charge in [0.15, 0.2) is 0 Å². The van der Waals surface area contributed by atoms with Crippen molar-refractivity contribution < 1.29 is 4.79 Å². The molecule has 1 amide bonds. The highest BCUT2D eigenvalue weighted by Crippen LogP contribution is 2.26. The number of hydrogen-bond donors (Lipinski definition) is 1. The van der Waals surface area contributed by atoms with Gasteiger partial charge in [-0.05, 0) is 51.0 Å². The molecule has 5 heteroatoms. The third kappa shape index (κ3) is 5.61. The number of rotatable bonds is 7. The summed E-state index contributed by atoms with van der Waals surface area (Å²) in [7, 11) is 0. The number of nitrogens with zero attached hydrogens (tertiary/aromatic N) is 2. The molecule has 0 bridgehead atoms. The number of unbranched alkanes of at least 4 members (excludes halogenated alkanes) is 1. The molecule has 1 atom stereocenters. The van der Waals surface area contributed by atoms with Crippen molar-refractivity contribution in [2.24, 2.45) is 0 Å². The molecule has 1 heterocycles. The first-order valence-corrected chi connectivity index (χ1v) is 9.35. The summed E-state index contributed by atoms with van der Waals surface area (Å²) in [6.07, 6.45) is 3.05. The number of pyridine rings is 1. The highest BCUT2D eigenvalue weighted by atomic mass is 32.2. The van der Waals surface area contributed by atoms with Crippen molar-refractivity contribution in [3.05, 3.63) is 53.2 Å². The zero-order chi connectivity index (χ0) is 18.2. The zero-order valence-electron chi connectivity index (χ0n) is 14.9. The Labute approximate surface area is 153 Å². The summed E-state index contributed by atoms with van der Waals surface area (Å²) in [6.45, 7) is 5.97. The summed E-state index contributed by atoms with van der Waals surface area (Å²) < 4.78 is 0. The lowest BCUT2D eigenvalue weighted by Gasteiger charge is -2.13. The van der Waals surface area contributed by atoms with Gasteiger partial charge in [-0.3, -0.25) is 4.79 Å². The molecule has 0 saturated carbocycles. The van der Waals surface area contributed by atoms with Gasteiger partial charge in [0.2, 0.25) is 5.91 Å². The smallest absolute Gasteiger partial charge is 0.237 e. The van der Waals surface area contributed by atoms with E-state index >= 15 is 0 Å². The molecule has 25 heavy (non-hydrogen) atoms. The van der Waals surface area contributed by atoms with Crippen molar-refractivity contribution in [3.63, 3.8) is 0 Å². The fourth-order valence-electron chi connectivity index (χ4n) is 2.25. The van der Waals surface area contributed by atoms with Crippen molar-refractivity contribution in [3.8, 4) is 6.07 Å². The SMILES string of the molecule is CCCCc1ccc(C#N)c(SC(C)C(=O)Nc2ccc(C)cc2)n1. The number of thioether (sulfide) groups is 1. The maximum Gasteiger partial charge on any atom is 0.237 e. The molecule has 1 aromatic carbocycles. The summed E-state index contributed by atoms with van der Waals surface area (Å²) in [5.41, 5.74) is 3.40. The van der Waals surface area contributed by atoms with Crippen LogP contribution in [0.25, 0.3) is 0 Å². The van der Waals surface area contributed by atoms with E-state index in [1.807, 2.05) is 44.2 Å². The maximum absolute atomic E-state index is 12.4. The molecule has 1 unspecified atom stereocenters. The van der Waals surface area contributed by atoms with Crippen LogP contribution in [0.15, 0.2) is 41.4 Å².